The fourth-order valence-corrected chi connectivity index (χ4v) is 0.623. The number of rotatable bonds is 1. The monoisotopic (exact) mass is 153 g/mol. The highest BCUT2D eigenvalue weighted by Crippen LogP contribution is 2.11. The molecular weight excluding hydrogens is 146 g/mol. The highest BCUT2D eigenvalue weighted by Gasteiger charge is 2.01. The van der Waals surface area contributed by atoms with Crippen LogP contribution in [0.3, 0.4) is 0 Å². The van der Waals surface area contributed by atoms with Crippen LogP contribution in [0.2, 0.25) is 0 Å². The van der Waals surface area contributed by atoms with E-state index in [4.69, 9.17) is 10.8 Å². The highest BCUT2D eigenvalue weighted by atomic mass is 16.4. The third-order valence-electron chi connectivity index (χ3n) is 1.06. The van der Waals surface area contributed by atoms with Gasteiger partial charge in [-0.2, -0.15) is 0 Å². The Balaban J connectivity index is 2.86. The molecule has 58 valence electrons. The third-order valence-corrected chi connectivity index (χ3v) is 1.06. The van der Waals surface area contributed by atoms with E-state index in [0.29, 0.717) is 5.69 Å². The molecule has 0 aliphatic rings. The van der Waals surface area contributed by atoms with Crippen molar-refractivity contribution in [2.45, 2.75) is 0 Å². The number of anilines is 2. The molecule has 5 nitrogen and oxygen atoms in total. The Morgan fingerprint density at radius 3 is 3.00 bits per heavy atom. The molecule has 4 N–H and O–H groups in total. The van der Waals surface area contributed by atoms with Crippen LogP contribution in [0.1, 0.15) is 0 Å². The number of pyridine rings is 1. The summed E-state index contributed by atoms with van der Waals surface area (Å²) in [7, 11) is 0. The normalized spacial score (nSPS) is 9.09. The average Bonchev–Trinajstić information content (AvgIpc) is 1.93. The number of nitrogens with one attached hydrogen (secondary N) is 1. The van der Waals surface area contributed by atoms with Gasteiger partial charge in [-0.15, -0.1) is 0 Å². The molecule has 1 heterocycles. The van der Waals surface area contributed by atoms with Crippen molar-refractivity contribution < 1.29 is 9.90 Å². The second-order valence-corrected chi connectivity index (χ2v) is 1.87. The van der Waals surface area contributed by atoms with Crippen LogP contribution >= 0.6 is 0 Å². The van der Waals surface area contributed by atoms with Crippen LogP contribution in [0.15, 0.2) is 18.3 Å². The quantitative estimate of drug-likeness (QED) is 0.555. The SMILES string of the molecule is Nc1cccnc1NC(=O)O. The summed E-state index contributed by atoms with van der Waals surface area (Å²) >= 11 is 0. The number of aromatic nitrogens is 1. The Morgan fingerprint density at radius 1 is 1.73 bits per heavy atom. The predicted octanol–water partition coefficient (Wildman–Crippen LogP) is 0.754. The zero-order valence-electron chi connectivity index (χ0n) is 5.61. The van der Waals surface area contributed by atoms with Gasteiger partial charge in [-0.25, -0.2) is 9.78 Å². The van der Waals surface area contributed by atoms with Crippen molar-refractivity contribution in [2.75, 3.05) is 11.1 Å². The van der Waals surface area contributed by atoms with Crippen molar-refractivity contribution in [2.24, 2.45) is 0 Å². The van der Waals surface area contributed by atoms with Gasteiger partial charge in [0.1, 0.15) is 0 Å². The Hall–Kier alpha value is -1.78. The summed E-state index contributed by atoms with van der Waals surface area (Å²) < 4.78 is 0. The summed E-state index contributed by atoms with van der Waals surface area (Å²) in [6.45, 7) is 0. The van der Waals surface area contributed by atoms with Crippen LogP contribution in [-0.2, 0) is 0 Å². The van der Waals surface area contributed by atoms with E-state index in [1.807, 2.05) is 0 Å². The lowest BCUT2D eigenvalue weighted by atomic mass is 10.4. The molecule has 0 saturated carbocycles. The lowest BCUT2D eigenvalue weighted by molar-refractivity contribution is 0.209. The molecule has 0 saturated heterocycles. The number of hydrogen-bond donors (Lipinski definition) is 3. The minimum atomic E-state index is -1.17. The van der Waals surface area contributed by atoms with Crippen LogP contribution in [0, 0.1) is 0 Å². The van der Waals surface area contributed by atoms with Gasteiger partial charge < -0.3 is 10.8 Å². The van der Waals surface area contributed by atoms with Gasteiger partial charge in [0.15, 0.2) is 5.82 Å². The van der Waals surface area contributed by atoms with Crippen LogP contribution in [0.4, 0.5) is 16.3 Å². The molecule has 0 atom stereocenters. The summed E-state index contributed by atoms with van der Waals surface area (Å²) in [6, 6.07) is 3.20. The number of amides is 1. The van der Waals surface area contributed by atoms with Crippen molar-refractivity contribution in [3.8, 4) is 0 Å². The number of nitrogens with zero attached hydrogens (tertiary/aromatic N) is 1. The predicted molar refractivity (Wildman–Crippen MR) is 40.3 cm³/mol. The highest BCUT2D eigenvalue weighted by molar-refractivity contribution is 5.85. The van der Waals surface area contributed by atoms with Gasteiger partial charge in [-0.05, 0) is 12.1 Å². The fourth-order valence-electron chi connectivity index (χ4n) is 0.623. The molecule has 1 aromatic heterocycles. The van der Waals surface area contributed by atoms with Crippen molar-refractivity contribution >= 4 is 17.6 Å². The first-order valence-corrected chi connectivity index (χ1v) is 2.90. The Labute approximate surface area is 62.9 Å². The van der Waals surface area contributed by atoms with Crippen molar-refractivity contribution in [3.05, 3.63) is 18.3 Å². The molecule has 1 amide bonds. The zero-order valence-corrected chi connectivity index (χ0v) is 5.61. The average molecular weight is 153 g/mol. The second kappa shape index (κ2) is 2.87. The van der Waals surface area contributed by atoms with E-state index in [1.165, 1.54) is 6.20 Å². The van der Waals surface area contributed by atoms with Gasteiger partial charge in [0.2, 0.25) is 0 Å². The number of nitrogens with two attached hydrogens (primary N) is 1. The van der Waals surface area contributed by atoms with E-state index < -0.39 is 6.09 Å². The molecule has 0 radical (unpaired) electrons. The van der Waals surface area contributed by atoms with Gasteiger partial charge >= 0.3 is 6.09 Å². The first kappa shape index (κ1) is 7.33. The summed E-state index contributed by atoms with van der Waals surface area (Å²) in [5.41, 5.74) is 5.70. The Kier molecular flexibility index (Phi) is 1.91. The summed E-state index contributed by atoms with van der Waals surface area (Å²) in [6.07, 6.45) is 0.289. The van der Waals surface area contributed by atoms with Crippen LogP contribution < -0.4 is 11.1 Å². The first-order chi connectivity index (χ1) is 5.20. The van der Waals surface area contributed by atoms with E-state index >= 15 is 0 Å². The summed E-state index contributed by atoms with van der Waals surface area (Å²) in [5.74, 6) is 0.167. The van der Waals surface area contributed by atoms with Crippen molar-refractivity contribution in [1.29, 1.82) is 0 Å². The molecule has 0 aliphatic carbocycles. The van der Waals surface area contributed by atoms with Gasteiger partial charge in [-0.1, -0.05) is 0 Å². The molecule has 0 aliphatic heterocycles. The van der Waals surface area contributed by atoms with Gasteiger partial charge in [-0.3, -0.25) is 5.32 Å². The first-order valence-electron chi connectivity index (χ1n) is 2.90. The Bertz CT molecular complexity index is 274. The molecule has 1 aromatic rings. The molecule has 0 spiro atoms. The lowest BCUT2D eigenvalue weighted by Crippen LogP contribution is -2.10. The van der Waals surface area contributed by atoms with Crippen LogP contribution in [-0.4, -0.2) is 16.2 Å². The van der Waals surface area contributed by atoms with Crippen molar-refractivity contribution in [1.82, 2.24) is 4.98 Å². The zero-order chi connectivity index (χ0) is 8.27. The van der Waals surface area contributed by atoms with E-state index in [2.05, 4.69) is 10.3 Å². The minimum Gasteiger partial charge on any atom is -0.465 e. The smallest absolute Gasteiger partial charge is 0.410 e. The van der Waals surface area contributed by atoms with Gasteiger partial charge in [0, 0.05) is 6.20 Å². The number of nitrogen functional groups attached to an aromatic ring is 1. The maximum atomic E-state index is 10.1. The topological polar surface area (TPSA) is 88.2 Å². The summed E-state index contributed by atoms with van der Waals surface area (Å²) in [4.78, 5) is 13.8. The molecule has 0 aromatic carbocycles. The largest absolute Gasteiger partial charge is 0.465 e. The number of carbonyl (C=O) groups is 1. The Morgan fingerprint density at radius 2 is 2.45 bits per heavy atom. The summed E-state index contributed by atoms with van der Waals surface area (Å²) in [5, 5.41) is 10.3. The van der Waals surface area contributed by atoms with E-state index in [1.54, 1.807) is 12.1 Å². The van der Waals surface area contributed by atoms with Crippen molar-refractivity contribution in [3.63, 3.8) is 0 Å². The molecule has 0 fully saturated rings. The molecule has 1 rings (SSSR count). The molecule has 11 heavy (non-hydrogen) atoms. The maximum absolute atomic E-state index is 10.1. The van der Waals surface area contributed by atoms with E-state index in [-0.39, 0.29) is 5.82 Å². The van der Waals surface area contributed by atoms with E-state index in [0.717, 1.165) is 0 Å². The van der Waals surface area contributed by atoms with Crippen LogP contribution in [0.5, 0.6) is 0 Å². The molecule has 5 heteroatoms. The van der Waals surface area contributed by atoms with Gasteiger partial charge in [0.25, 0.3) is 0 Å². The van der Waals surface area contributed by atoms with Gasteiger partial charge in [0.05, 0.1) is 5.69 Å². The maximum Gasteiger partial charge on any atom is 0.410 e. The number of hydrogen-bond acceptors (Lipinski definition) is 3. The lowest BCUT2D eigenvalue weighted by Gasteiger charge is -2.01. The second-order valence-electron chi connectivity index (χ2n) is 1.87. The molecule has 0 bridgehead atoms. The molecule has 0 unspecified atom stereocenters. The third kappa shape index (κ3) is 1.82. The minimum absolute atomic E-state index is 0.167. The number of carboxylic acid groups (broad SMARTS) is 1. The van der Waals surface area contributed by atoms with Crippen LogP contribution in [0.25, 0.3) is 0 Å². The van der Waals surface area contributed by atoms with E-state index in [9.17, 15) is 4.79 Å². The standard InChI is InChI=1S/C6H7N3O2/c7-4-2-1-3-8-5(4)9-6(10)11/h1-3H,7H2,(H,8,9)(H,10,11). The fraction of sp³-hybridized carbons (Fsp3) is 0. The molecular formula is C6H7N3O2.